The molecular weight excluding hydrogens is 309 g/mol. The molecule has 0 amide bonds. The van der Waals surface area contributed by atoms with Crippen molar-refractivity contribution in [2.24, 2.45) is 0 Å². The summed E-state index contributed by atoms with van der Waals surface area (Å²) < 4.78 is 22.6. The third kappa shape index (κ3) is 3.92. The van der Waals surface area contributed by atoms with Crippen LogP contribution in [0.25, 0.3) is 0 Å². The monoisotopic (exact) mass is 321 g/mol. The molecule has 1 saturated heterocycles. The van der Waals surface area contributed by atoms with Gasteiger partial charge in [-0.15, -0.1) is 0 Å². The lowest BCUT2D eigenvalue weighted by Gasteiger charge is -2.25. The highest BCUT2D eigenvalue weighted by molar-refractivity contribution is 7.91. The second kappa shape index (κ2) is 5.79. The molecule has 0 spiro atoms. The predicted molar refractivity (Wildman–Crippen MR) is 75.9 cm³/mol. The summed E-state index contributed by atoms with van der Waals surface area (Å²) in [6.07, 6.45) is 0. The van der Waals surface area contributed by atoms with Crippen molar-refractivity contribution < 1.29 is 13.2 Å². The number of nitrogens with zero attached hydrogens (tertiary/aromatic N) is 1. The van der Waals surface area contributed by atoms with Crippen molar-refractivity contribution in [3.63, 3.8) is 0 Å². The van der Waals surface area contributed by atoms with Crippen molar-refractivity contribution in [2.75, 3.05) is 31.1 Å². The minimum absolute atomic E-state index is 0.106. The molecule has 1 fully saturated rings. The quantitative estimate of drug-likeness (QED) is 0.798. The molecule has 2 rings (SSSR count). The summed E-state index contributed by atoms with van der Waals surface area (Å²) in [7, 11) is -2.93. The highest BCUT2D eigenvalue weighted by Gasteiger charge is 2.23. The van der Waals surface area contributed by atoms with E-state index in [0.29, 0.717) is 28.7 Å². The van der Waals surface area contributed by atoms with Crippen molar-refractivity contribution >= 4 is 38.8 Å². The molecule has 0 bridgehead atoms. The first-order valence-corrected chi connectivity index (χ1v) is 8.36. The number of Topliss-reactive ketones (excluding diaryl/α,β-unsaturated/α-hetero) is 1. The Morgan fingerprint density at radius 1 is 1.21 bits per heavy atom. The Hall–Kier alpha value is -0.620. The number of carbonyl (C=O) groups excluding carboxylic acids is 1. The van der Waals surface area contributed by atoms with Gasteiger partial charge in [0.05, 0.1) is 23.1 Å². The summed E-state index contributed by atoms with van der Waals surface area (Å²) in [5.41, 5.74) is 0.416. The van der Waals surface area contributed by atoms with E-state index in [0.717, 1.165) is 0 Å². The number of halogens is 2. The number of rotatable bonds is 3. The van der Waals surface area contributed by atoms with Gasteiger partial charge in [0.15, 0.2) is 15.6 Å². The van der Waals surface area contributed by atoms with Gasteiger partial charge in [0.2, 0.25) is 0 Å². The van der Waals surface area contributed by atoms with E-state index in [9.17, 15) is 13.2 Å². The number of hydrogen-bond donors (Lipinski definition) is 0. The molecule has 0 atom stereocenters. The fourth-order valence-electron chi connectivity index (χ4n) is 1.91. The molecule has 0 radical (unpaired) electrons. The Bertz CT molecular complexity index is 587. The average molecular weight is 322 g/mol. The number of hydrogen-bond acceptors (Lipinski definition) is 4. The van der Waals surface area contributed by atoms with E-state index in [1.165, 1.54) is 6.07 Å². The molecule has 0 aliphatic carbocycles. The molecule has 1 aromatic rings. The fourth-order valence-corrected chi connectivity index (χ4v) is 3.70. The van der Waals surface area contributed by atoms with Gasteiger partial charge in [-0.1, -0.05) is 23.2 Å². The van der Waals surface area contributed by atoms with E-state index in [1.807, 2.05) is 4.90 Å². The second-order valence-electron chi connectivity index (χ2n) is 4.48. The van der Waals surface area contributed by atoms with Crippen LogP contribution in [-0.4, -0.2) is 50.2 Å². The van der Waals surface area contributed by atoms with Crippen molar-refractivity contribution in [1.82, 2.24) is 4.90 Å². The van der Waals surface area contributed by atoms with Crippen LogP contribution in [0.5, 0.6) is 0 Å². The van der Waals surface area contributed by atoms with Gasteiger partial charge in [-0.25, -0.2) is 8.42 Å². The molecule has 7 heteroatoms. The Balaban J connectivity index is 2.02. The Labute approximate surface area is 122 Å². The molecule has 0 N–H and O–H groups in total. The minimum Gasteiger partial charge on any atom is -0.294 e. The molecule has 1 aromatic carbocycles. The summed E-state index contributed by atoms with van der Waals surface area (Å²) in [5, 5.41) is 0.799. The first-order chi connectivity index (χ1) is 8.87. The van der Waals surface area contributed by atoms with Crippen molar-refractivity contribution in [1.29, 1.82) is 0 Å². The van der Waals surface area contributed by atoms with E-state index in [2.05, 4.69) is 0 Å². The molecule has 4 nitrogen and oxygen atoms in total. The van der Waals surface area contributed by atoms with Gasteiger partial charge in [0.1, 0.15) is 0 Å². The van der Waals surface area contributed by atoms with Gasteiger partial charge in [-0.05, 0) is 18.2 Å². The maximum Gasteiger partial charge on any atom is 0.178 e. The zero-order chi connectivity index (χ0) is 14.0. The molecular formula is C12H13Cl2NO3S. The van der Waals surface area contributed by atoms with Crippen LogP contribution in [0.3, 0.4) is 0 Å². The Morgan fingerprint density at radius 2 is 1.84 bits per heavy atom. The average Bonchev–Trinajstić information content (AvgIpc) is 2.31. The third-order valence-corrected chi connectivity index (χ3v) is 5.19. The molecule has 0 aromatic heterocycles. The number of sulfone groups is 1. The summed E-state index contributed by atoms with van der Waals surface area (Å²) in [6.45, 7) is 0.954. The van der Waals surface area contributed by atoms with Gasteiger partial charge >= 0.3 is 0 Å². The standard InChI is InChI=1S/C12H13Cl2NO3S/c13-9-1-2-10(11(14)7-9)12(16)8-15-3-5-19(17,18)6-4-15/h1-2,7H,3-6,8H2. The van der Waals surface area contributed by atoms with Crippen LogP contribution in [0.1, 0.15) is 10.4 Å². The molecule has 1 aliphatic heterocycles. The number of benzene rings is 1. The van der Waals surface area contributed by atoms with Crippen molar-refractivity contribution in [3.05, 3.63) is 33.8 Å². The van der Waals surface area contributed by atoms with E-state index in [4.69, 9.17) is 23.2 Å². The maximum absolute atomic E-state index is 12.1. The summed E-state index contributed by atoms with van der Waals surface area (Å²) >= 11 is 11.7. The van der Waals surface area contributed by atoms with Gasteiger partial charge < -0.3 is 0 Å². The maximum atomic E-state index is 12.1. The highest BCUT2D eigenvalue weighted by atomic mass is 35.5. The zero-order valence-corrected chi connectivity index (χ0v) is 12.4. The molecule has 1 aliphatic rings. The summed E-state index contributed by atoms with van der Waals surface area (Å²) in [6, 6.07) is 4.73. The largest absolute Gasteiger partial charge is 0.294 e. The van der Waals surface area contributed by atoms with Crippen LogP contribution in [-0.2, 0) is 9.84 Å². The van der Waals surface area contributed by atoms with Crippen LogP contribution in [0.4, 0.5) is 0 Å². The minimum atomic E-state index is -2.93. The highest BCUT2D eigenvalue weighted by Crippen LogP contribution is 2.21. The topological polar surface area (TPSA) is 54.5 Å². The molecule has 1 heterocycles. The Morgan fingerprint density at radius 3 is 2.42 bits per heavy atom. The normalized spacial score (nSPS) is 19.3. The summed E-state index contributed by atoms with van der Waals surface area (Å²) in [4.78, 5) is 13.9. The van der Waals surface area contributed by atoms with E-state index in [1.54, 1.807) is 12.1 Å². The molecule has 0 saturated carbocycles. The SMILES string of the molecule is O=C(CN1CCS(=O)(=O)CC1)c1ccc(Cl)cc1Cl. The van der Waals surface area contributed by atoms with Gasteiger partial charge in [-0.3, -0.25) is 9.69 Å². The van der Waals surface area contributed by atoms with Gasteiger partial charge in [-0.2, -0.15) is 0 Å². The first-order valence-electron chi connectivity index (χ1n) is 5.78. The molecule has 104 valence electrons. The lowest BCUT2D eigenvalue weighted by Crippen LogP contribution is -2.42. The van der Waals surface area contributed by atoms with Crippen LogP contribution in [0.15, 0.2) is 18.2 Å². The predicted octanol–water partition coefficient (Wildman–Crippen LogP) is 1.91. The van der Waals surface area contributed by atoms with Crippen LogP contribution < -0.4 is 0 Å². The zero-order valence-electron chi connectivity index (χ0n) is 10.1. The van der Waals surface area contributed by atoms with Gasteiger partial charge in [0.25, 0.3) is 0 Å². The third-order valence-electron chi connectivity index (χ3n) is 3.04. The van der Waals surface area contributed by atoms with Crippen LogP contribution >= 0.6 is 23.2 Å². The fraction of sp³-hybridized carbons (Fsp3) is 0.417. The number of ketones is 1. The number of carbonyl (C=O) groups is 1. The van der Waals surface area contributed by atoms with Crippen LogP contribution in [0, 0.1) is 0 Å². The van der Waals surface area contributed by atoms with Crippen molar-refractivity contribution in [2.45, 2.75) is 0 Å². The van der Waals surface area contributed by atoms with E-state index >= 15 is 0 Å². The molecule has 0 unspecified atom stereocenters. The first kappa shape index (κ1) is 14.8. The second-order valence-corrected chi connectivity index (χ2v) is 7.62. The molecule has 19 heavy (non-hydrogen) atoms. The lowest BCUT2D eigenvalue weighted by atomic mass is 10.1. The van der Waals surface area contributed by atoms with E-state index in [-0.39, 0.29) is 23.8 Å². The van der Waals surface area contributed by atoms with Gasteiger partial charge in [0, 0.05) is 23.7 Å². The van der Waals surface area contributed by atoms with Crippen molar-refractivity contribution in [3.8, 4) is 0 Å². The lowest BCUT2D eigenvalue weighted by molar-refractivity contribution is 0.0936. The Kier molecular flexibility index (Phi) is 4.50. The van der Waals surface area contributed by atoms with E-state index < -0.39 is 9.84 Å². The van der Waals surface area contributed by atoms with Crippen LogP contribution in [0.2, 0.25) is 10.0 Å². The smallest absolute Gasteiger partial charge is 0.178 e. The summed E-state index contributed by atoms with van der Waals surface area (Å²) in [5.74, 6) is 0.0875.